The second-order valence-electron chi connectivity index (χ2n) is 9.34. The van der Waals surface area contributed by atoms with E-state index in [9.17, 15) is 14.0 Å². The first kappa shape index (κ1) is 23.3. The third kappa shape index (κ3) is 4.72. The van der Waals surface area contributed by atoms with Crippen LogP contribution in [0.2, 0.25) is 0 Å². The fraction of sp³-hybridized carbons (Fsp3) is 0.333. The molecule has 2 aromatic carbocycles. The Kier molecular flexibility index (Phi) is 6.17. The van der Waals surface area contributed by atoms with Gasteiger partial charge in [-0.1, -0.05) is 12.1 Å². The Labute approximate surface area is 203 Å². The molecule has 2 amide bonds. The molecular weight excluding hydrogens is 449 g/mol. The lowest BCUT2D eigenvalue weighted by molar-refractivity contribution is -0.111. The number of ether oxygens (including phenoxy) is 2. The van der Waals surface area contributed by atoms with Gasteiger partial charge in [0.05, 0.1) is 24.5 Å². The summed E-state index contributed by atoms with van der Waals surface area (Å²) in [5.74, 6) is -0.407. The van der Waals surface area contributed by atoms with Crippen molar-refractivity contribution in [3.05, 3.63) is 76.8 Å². The van der Waals surface area contributed by atoms with E-state index >= 15 is 0 Å². The van der Waals surface area contributed by atoms with Gasteiger partial charge in [0.2, 0.25) is 0 Å². The molecule has 1 saturated heterocycles. The fourth-order valence-corrected chi connectivity index (χ4v) is 4.66. The normalized spacial score (nSPS) is 21.2. The summed E-state index contributed by atoms with van der Waals surface area (Å²) in [7, 11) is 0. The molecule has 1 fully saturated rings. The van der Waals surface area contributed by atoms with Gasteiger partial charge in [0, 0.05) is 42.9 Å². The van der Waals surface area contributed by atoms with Crippen LogP contribution < -0.4 is 10.6 Å². The Balaban J connectivity index is 1.32. The van der Waals surface area contributed by atoms with Gasteiger partial charge in [-0.2, -0.15) is 0 Å². The number of morpholine rings is 1. The van der Waals surface area contributed by atoms with Crippen LogP contribution in [0.4, 0.5) is 10.1 Å². The number of rotatable bonds is 5. The molecule has 0 unspecified atom stereocenters. The molecule has 0 aliphatic carbocycles. The van der Waals surface area contributed by atoms with Crippen molar-refractivity contribution in [2.45, 2.75) is 19.4 Å². The fourth-order valence-electron chi connectivity index (χ4n) is 4.66. The molecule has 7 nitrogen and oxygen atoms in total. The van der Waals surface area contributed by atoms with E-state index in [0.717, 1.165) is 44.0 Å². The molecule has 8 heteroatoms. The van der Waals surface area contributed by atoms with Crippen LogP contribution in [0.5, 0.6) is 0 Å². The van der Waals surface area contributed by atoms with Gasteiger partial charge in [0.15, 0.2) is 0 Å². The van der Waals surface area contributed by atoms with Crippen LogP contribution in [-0.2, 0) is 14.3 Å². The summed E-state index contributed by atoms with van der Waals surface area (Å²) in [5, 5.41) is 5.68. The van der Waals surface area contributed by atoms with E-state index < -0.39 is 11.4 Å². The molecule has 0 saturated carbocycles. The van der Waals surface area contributed by atoms with Crippen molar-refractivity contribution < 1.29 is 23.5 Å². The summed E-state index contributed by atoms with van der Waals surface area (Å²) >= 11 is 0. The first-order chi connectivity index (χ1) is 16.8. The van der Waals surface area contributed by atoms with Crippen molar-refractivity contribution in [1.29, 1.82) is 0 Å². The van der Waals surface area contributed by atoms with Crippen LogP contribution in [0, 0.1) is 5.82 Å². The van der Waals surface area contributed by atoms with Gasteiger partial charge in [0.25, 0.3) is 11.8 Å². The lowest BCUT2D eigenvalue weighted by Crippen LogP contribution is -2.41. The van der Waals surface area contributed by atoms with Gasteiger partial charge in [-0.25, -0.2) is 4.39 Å². The van der Waals surface area contributed by atoms with E-state index in [0.29, 0.717) is 34.7 Å². The summed E-state index contributed by atoms with van der Waals surface area (Å²) in [4.78, 5) is 27.5. The minimum absolute atomic E-state index is 0.116. The van der Waals surface area contributed by atoms with Crippen LogP contribution in [-0.4, -0.2) is 61.7 Å². The molecule has 2 N–H and O–H groups in total. The first-order valence-corrected chi connectivity index (χ1v) is 11.8. The van der Waals surface area contributed by atoms with Crippen molar-refractivity contribution in [2.75, 3.05) is 44.7 Å². The molecule has 3 aliphatic rings. The van der Waals surface area contributed by atoms with Crippen molar-refractivity contribution in [3.8, 4) is 0 Å². The lowest BCUT2D eigenvalue weighted by atomic mass is 9.91. The number of allylic oxidation sites excluding steroid dienone is 1. The number of benzene rings is 2. The number of hydrogen-bond acceptors (Lipinski definition) is 5. The van der Waals surface area contributed by atoms with Crippen LogP contribution >= 0.6 is 0 Å². The number of carbonyl (C=O) groups excluding carboxylic acids is 2. The monoisotopic (exact) mass is 477 g/mol. The molecule has 35 heavy (non-hydrogen) atoms. The zero-order chi connectivity index (χ0) is 24.6. The van der Waals surface area contributed by atoms with Gasteiger partial charge >= 0.3 is 0 Å². The Morgan fingerprint density at radius 2 is 1.89 bits per heavy atom. The molecule has 182 valence electrons. The van der Waals surface area contributed by atoms with Gasteiger partial charge in [0.1, 0.15) is 17.2 Å². The van der Waals surface area contributed by atoms with E-state index in [1.54, 1.807) is 18.2 Å². The first-order valence-electron chi connectivity index (χ1n) is 11.8. The minimum atomic E-state index is -0.687. The molecule has 3 aliphatic heterocycles. The molecule has 0 spiro atoms. The Hall–Kier alpha value is -3.49. The van der Waals surface area contributed by atoms with E-state index in [4.69, 9.17) is 9.47 Å². The van der Waals surface area contributed by atoms with Crippen molar-refractivity contribution in [2.24, 2.45) is 0 Å². The lowest BCUT2D eigenvalue weighted by Gasteiger charge is -2.26. The quantitative estimate of drug-likeness (QED) is 0.645. The summed E-state index contributed by atoms with van der Waals surface area (Å²) in [6, 6.07) is 11.6. The topological polar surface area (TPSA) is 79.9 Å². The predicted molar refractivity (Wildman–Crippen MR) is 131 cm³/mol. The van der Waals surface area contributed by atoms with E-state index in [2.05, 4.69) is 15.5 Å². The maximum Gasteiger partial charge on any atom is 0.260 e. The van der Waals surface area contributed by atoms with Crippen LogP contribution in [0.3, 0.4) is 0 Å². The highest BCUT2D eigenvalue weighted by Crippen LogP contribution is 2.44. The Bertz CT molecular complexity index is 1230. The van der Waals surface area contributed by atoms with E-state index in [-0.39, 0.29) is 11.8 Å². The molecule has 3 heterocycles. The molecule has 0 radical (unpaired) electrons. The zero-order valence-corrected chi connectivity index (χ0v) is 19.8. The van der Waals surface area contributed by atoms with Crippen LogP contribution in [0.15, 0.2) is 54.3 Å². The number of carbonyl (C=O) groups is 2. The van der Waals surface area contributed by atoms with Crippen molar-refractivity contribution >= 4 is 28.6 Å². The summed E-state index contributed by atoms with van der Waals surface area (Å²) < 4.78 is 25.1. The average molecular weight is 478 g/mol. The number of hydrogen-bond donors (Lipinski definition) is 2. The number of amides is 2. The maximum absolute atomic E-state index is 13.6. The second kappa shape index (κ2) is 9.28. The third-order valence-electron chi connectivity index (χ3n) is 6.54. The smallest absolute Gasteiger partial charge is 0.260 e. The summed E-state index contributed by atoms with van der Waals surface area (Å²) in [5.41, 5.74) is 3.12. The van der Waals surface area contributed by atoms with Gasteiger partial charge < -0.3 is 20.1 Å². The zero-order valence-electron chi connectivity index (χ0n) is 19.8. The molecule has 0 aromatic heterocycles. The third-order valence-corrected chi connectivity index (χ3v) is 6.54. The highest BCUT2D eigenvalue weighted by Gasteiger charge is 2.38. The second-order valence-corrected chi connectivity index (χ2v) is 9.34. The van der Waals surface area contributed by atoms with E-state index in [1.165, 1.54) is 12.1 Å². The van der Waals surface area contributed by atoms with Gasteiger partial charge in [-0.3, -0.25) is 14.5 Å². The number of anilines is 1. The summed E-state index contributed by atoms with van der Waals surface area (Å²) in [6.45, 7) is 8.48. The van der Waals surface area contributed by atoms with Crippen molar-refractivity contribution in [1.82, 2.24) is 10.2 Å². The maximum atomic E-state index is 13.6. The Morgan fingerprint density at radius 1 is 1.14 bits per heavy atom. The molecule has 0 atom stereocenters. The van der Waals surface area contributed by atoms with Gasteiger partial charge in [-0.15, -0.1) is 0 Å². The molecule has 5 rings (SSSR count). The summed E-state index contributed by atoms with van der Waals surface area (Å²) in [6.07, 6.45) is 1.85. The van der Waals surface area contributed by atoms with Crippen LogP contribution in [0.1, 0.15) is 35.3 Å². The minimum Gasteiger partial charge on any atom is -0.482 e. The molecule has 2 aromatic rings. The predicted octanol–water partition coefficient (Wildman–Crippen LogP) is 3.44. The number of nitrogens with zero attached hydrogens (tertiary/aromatic N) is 1. The number of nitrogens with one attached hydrogen (secondary N) is 2. The SMILES string of the molecule is CC1(C)O/C(=C2/C(=O)Nc3cc(F)ccc32)C=C1c1ccc(C(=O)NCCN2CCOCC2)cc1. The number of halogens is 1. The average Bonchev–Trinajstić information content (AvgIpc) is 3.33. The largest absolute Gasteiger partial charge is 0.482 e. The molecule has 0 bridgehead atoms. The van der Waals surface area contributed by atoms with Crippen molar-refractivity contribution in [3.63, 3.8) is 0 Å². The highest BCUT2D eigenvalue weighted by atomic mass is 19.1. The Morgan fingerprint density at radius 3 is 2.63 bits per heavy atom. The highest BCUT2D eigenvalue weighted by molar-refractivity contribution is 6.32. The van der Waals surface area contributed by atoms with Crippen LogP contribution in [0.25, 0.3) is 11.1 Å². The van der Waals surface area contributed by atoms with Gasteiger partial charge in [-0.05, 0) is 55.8 Å². The number of fused-ring (bicyclic) bond motifs is 1. The van der Waals surface area contributed by atoms with E-state index in [1.807, 2.05) is 32.1 Å². The molecular formula is C27H28FN3O4. The standard InChI is InChI=1S/C27H28FN3O4/c1-27(2)21(16-23(35-27)24-20-8-7-19(28)15-22(20)30-26(24)33)17-3-5-18(6-4-17)25(32)29-9-10-31-11-13-34-14-12-31/h3-8,15-16H,9-14H2,1-2H3,(H,29,32)(H,30,33)/b24-23+.